The fraction of sp³-hybridized carbons (Fsp3) is 0.120. The van der Waals surface area contributed by atoms with Gasteiger partial charge in [-0.05, 0) is 47.5 Å². The fourth-order valence-electron chi connectivity index (χ4n) is 4.29. The first-order chi connectivity index (χ1) is 16.3. The van der Waals surface area contributed by atoms with Gasteiger partial charge in [-0.1, -0.05) is 6.07 Å². The Morgan fingerprint density at radius 2 is 1.71 bits per heavy atom. The van der Waals surface area contributed by atoms with Gasteiger partial charge in [0.1, 0.15) is 22.9 Å². The first kappa shape index (κ1) is 21.4. The van der Waals surface area contributed by atoms with Crippen molar-refractivity contribution in [3.8, 4) is 17.2 Å². The van der Waals surface area contributed by atoms with Crippen LogP contribution in [0.4, 0.5) is 14.5 Å². The number of halogens is 2. The molecular formula is C25H18F2N2O5. The molecule has 0 bridgehead atoms. The number of phenolic OH excluding ortho intramolecular Hbond substituents is 1. The van der Waals surface area contributed by atoms with Gasteiger partial charge in [0.25, 0.3) is 0 Å². The average Bonchev–Trinajstić information content (AvgIpc) is 3.22. The second-order valence-corrected chi connectivity index (χ2v) is 7.99. The number of fused-ring (bicyclic) bond motifs is 2. The van der Waals surface area contributed by atoms with E-state index in [4.69, 9.17) is 4.74 Å². The Kier molecular flexibility index (Phi) is 4.97. The fourth-order valence-corrected chi connectivity index (χ4v) is 4.29. The molecule has 172 valence electrons. The molecule has 5 rings (SSSR count). The lowest BCUT2D eigenvalue weighted by atomic mass is 10.1. The van der Waals surface area contributed by atoms with Gasteiger partial charge in [0.2, 0.25) is 5.43 Å². The highest BCUT2D eigenvalue weighted by Gasteiger charge is 2.25. The number of carboxylic acids is 1. The molecule has 0 amide bonds. The second-order valence-electron chi connectivity index (χ2n) is 7.99. The molecule has 0 saturated heterocycles. The van der Waals surface area contributed by atoms with Crippen molar-refractivity contribution < 1.29 is 28.5 Å². The van der Waals surface area contributed by atoms with E-state index in [-0.39, 0.29) is 28.0 Å². The Bertz CT molecular complexity index is 1550. The summed E-state index contributed by atoms with van der Waals surface area (Å²) >= 11 is 0. The van der Waals surface area contributed by atoms with Crippen LogP contribution in [0, 0.1) is 11.6 Å². The van der Waals surface area contributed by atoms with E-state index < -0.39 is 28.6 Å². The number of carbonyl (C=O) groups is 1. The molecule has 0 aliphatic carbocycles. The number of hydrogen-bond acceptors (Lipinski definition) is 5. The minimum absolute atomic E-state index is 0.0997. The molecule has 1 aliphatic heterocycles. The number of ether oxygens (including phenoxy) is 1. The zero-order valence-electron chi connectivity index (χ0n) is 17.9. The summed E-state index contributed by atoms with van der Waals surface area (Å²) in [6, 6.07) is 11.3. The molecule has 0 spiro atoms. The number of anilines is 1. The summed E-state index contributed by atoms with van der Waals surface area (Å²) in [6.45, 7) is 0.798. The number of nitrogens with zero attached hydrogens (tertiary/aromatic N) is 2. The van der Waals surface area contributed by atoms with Gasteiger partial charge in [0, 0.05) is 30.7 Å². The summed E-state index contributed by atoms with van der Waals surface area (Å²) in [5, 5.41) is 18.9. The number of hydrogen-bond donors (Lipinski definition) is 2. The highest BCUT2D eigenvalue weighted by atomic mass is 19.1. The van der Waals surface area contributed by atoms with Crippen molar-refractivity contribution >= 4 is 22.6 Å². The molecule has 4 aromatic rings. The van der Waals surface area contributed by atoms with Crippen LogP contribution in [-0.2, 0) is 13.1 Å². The van der Waals surface area contributed by atoms with Crippen molar-refractivity contribution in [2.45, 2.75) is 13.1 Å². The lowest BCUT2D eigenvalue weighted by Gasteiger charge is -2.21. The molecule has 0 atom stereocenters. The first-order valence-electron chi connectivity index (χ1n) is 10.3. The topological polar surface area (TPSA) is 92.0 Å². The summed E-state index contributed by atoms with van der Waals surface area (Å²) in [5.41, 5.74) is 0.649. The van der Waals surface area contributed by atoms with Crippen LogP contribution in [-0.4, -0.2) is 27.9 Å². The monoisotopic (exact) mass is 464 g/mol. The largest absolute Gasteiger partial charge is 0.508 e. The average molecular weight is 464 g/mol. The number of rotatable bonds is 4. The quantitative estimate of drug-likeness (QED) is 0.470. The molecule has 2 heterocycles. The molecule has 0 unspecified atom stereocenters. The van der Waals surface area contributed by atoms with Crippen molar-refractivity contribution in [2.24, 2.45) is 0 Å². The molecular weight excluding hydrogens is 446 g/mol. The van der Waals surface area contributed by atoms with E-state index in [0.717, 1.165) is 29.5 Å². The molecule has 7 nitrogen and oxygen atoms in total. The highest BCUT2D eigenvalue weighted by molar-refractivity contribution is 5.94. The number of carboxylic acid groups (broad SMARTS) is 1. The molecule has 9 heteroatoms. The molecule has 0 radical (unpaired) electrons. The maximum Gasteiger partial charge on any atom is 0.341 e. The van der Waals surface area contributed by atoms with Gasteiger partial charge in [-0.15, -0.1) is 0 Å². The van der Waals surface area contributed by atoms with Crippen LogP contribution in [0.15, 0.2) is 59.5 Å². The number of methoxy groups -OCH3 is 1. The number of pyridine rings is 1. The SMILES string of the molecule is COc1ccc2c(c1)CN(c1cc3c(cc1F)c(=O)c(C(=O)O)cn3-c1ccc(O)cc1F)C2. The van der Waals surface area contributed by atoms with Gasteiger partial charge in [-0.2, -0.15) is 0 Å². The van der Waals surface area contributed by atoms with Crippen molar-refractivity contribution in [3.63, 3.8) is 0 Å². The second kappa shape index (κ2) is 7.87. The maximum atomic E-state index is 15.3. The zero-order valence-corrected chi connectivity index (χ0v) is 17.9. The third kappa shape index (κ3) is 3.42. The van der Waals surface area contributed by atoms with Crippen LogP contribution >= 0.6 is 0 Å². The van der Waals surface area contributed by atoms with E-state index in [1.807, 2.05) is 18.2 Å². The Labute approximate surface area is 191 Å². The third-order valence-electron chi connectivity index (χ3n) is 5.97. The van der Waals surface area contributed by atoms with Gasteiger partial charge in [0.05, 0.1) is 24.0 Å². The van der Waals surface area contributed by atoms with E-state index >= 15 is 4.39 Å². The van der Waals surface area contributed by atoms with Crippen LogP contribution in [0.2, 0.25) is 0 Å². The zero-order chi connectivity index (χ0) is 24.1. The normalized spacial score (nSPS) is 12.7. The standard InChI is InChI=1S/C25H18F2N2O5/c1-34-16-4-2-13-10-28(11-14(13)6-16)23-9-22-17(8-20(23)27)24(31)18(25(32)33)12-29(22)21-5-3-15(30)7-19(21)26/h2-9,12,30H,10-11H2,1H3,(H,32,33). The Morgan fingerprint density at radius 1 is 0.971 bits per heavy atom. The highest BCUT2D eigenvalue weighted by Crippen LogP contribution is 2.34. The van der Waals surface area contributed by atoms with E-state index in [2.05, 4.69) is 0 Å². The summed E-state index contributed by atoms with van der Waals surface area (Å²) in [5.74, 6) is -2.70. The Balaban J connectivity index is 1.72. The third-order valence-corrected chi connectivity index (χ3v) is 5.97. The lowest BCUT2D eigenvalue weighted by molar-refractivity contribution is 0.0695. The molecule has 34 heavy (non-hydrogen) atoms. The van der Waals surface area contributed by atoms with Crippen LogP contribution < -0.4 is 15.1 Å². The smallest absolute Gasteiger partial charge is 0.341 e. The molecule has 0 fully saturated rings. The predicted octanol–water partition coefficient (Wildman–Crippen LogP) is 4.20. The minimum atomic E-state index is -1.52. The predicted molar refractivity (Wildman–Crippen MR) is 121 cm³/mol. The van der Waals surface area contributed by atoms with E-state index in [1.165, 1.54) is 22.8 Å². The van der Waals surface area contributed by atoms with Crippen LogP contribution in [0.5, 0.6) is 11.5 Å². The van der Waals surface area contributed by atoms with Crippen LogP contribution in [0.3, 0.4) is 0 Å². The lowest BCUT2D eigenvalue weighted by Crippen LogP contribution is -2.21. The molecule has 0 saturated carbocycles. The maximum absolute atomic E-state index is 15.3. The molecule has 1 aliphatic rings. The number of aromatic hydroxyl groups is 1. The number of phenols is 1. The Morgan fingerprint density at radius 3 is 2.41 bits per heavy atom. The van der Waals surface area contributed by atoms with Gasteiger partial charge < -0.3 is 24.4 Å². The number of benzene rings is 3. The summed E-state index contributed by atoms with van der Waals surface area (Å²) in [7, 11) is 1.56. The molecule has 1 aromatic heterocycles. The van der Waals surface area contributed by atoms with E-state index in [9.17, 15) is 24.2 Å². The van der Waals surface area contributed by atoms with Crippen molar-refractivity contribution in [1.29, 1.82) is 0 Å². The number of aromatic nitrogens is 1. The van der Waals surface area contributed by atoms with Gasteiger partial charge in [-0.3, -0.25) is 4.79 Å². The minimum Gasteiger partial charge on any atom is -0.508 e. The van der Waals surface area contributed by atoms with Crippen molar-refractivity contribution in [2.75, 3.05) is 12.0 Å². The molecule has 3 aromatic carbocycles. The van der Waals surface area contributed by atoms with Gasteiger partial charge in [0.15, 0.2) is 5.82 Å². The van der Waals surface area contributed by atoms with Gasteiger partial charge in [-0.25, -0.2) is 13.6 Å². The summed E-state index contributed by atoms with van der Waals surface area (Å²) < 4.78 is 36.4. The van der Waals surface area contributed by atoms with Crippen molar-refractivity contribution in [1.82, 2.24) is 4.57 Å². The van der Waals surface area contributed by atoms with Crippen LogP contribution in [0.1, 0.15) is 21.5 Å². The van der Waals surface area contributed by atoms with Crippen molar-refractivity contribution in [3.05, 3.63) is 93.3 Å². The Hall–Kier alpha value is -4.40. The van der Waals surface area contributed by atoms with E-state index in [1.54, 1.807) is 12.0 Å². The summed E-state index contributed by atoms with van der Waals surface area (Å²) in [6.07, 6.45) is 1.01. The van der Waals surface area contributed by atoms with E-state index in [0.29, 0.717) is 18.8 Å². The summed E-state index contributed by atoms with van der Waals surface area (Å²) in [4.78, 5) is 26.2. The van der Waals surface area contributed by atoms with Gasteiger partial charge >= 0.3 is 5.97 Å². The number of aromatic carboxylic acids is 1. The van der Waals surface area contributed by atoms with Crippen LogP contribution in [0.25, 0.3) is 16.6 Å². The molecule has 2 N–H and O–H groups in total. The first-order valence-corrected chi connectivity index (χ1v) is 10.3.